The minimum absolute atomic E-state index is 0.0892. The van der Waals surface area contributed by atoms with Crippen LogP contribution in [0, 0.1) is 13.8 Å². The van der Waals surface area contributed by atoms with Crippen molar-refractivity contribution in [1.29, 1.82) is 0 Å². The predicted molar refractivity (Wildman–Crippen MR) is 104 cm³/mol. The van der Waals surface area contributed by atoms with E-state index in [1.54, 1.807) is 23.1 Å². The molecular weight excluding hydrogens is 389 g/mol. The van der Waals surface area contributed by atoms with Gasteiger partial charge in [-0.05, 0) is 51.0 Å². The predicted octanol–water partition coefficient (Wildman–Crippen LogP) is 3.85. The second-order valence-corrected chi connectivity index (χ2v) is 7.36. The molecule has 1 atom stereocenters. The summed E-state index contributed by atoms with van der Waals surface area (Å²) in [6.45, 7) is 4.86. The fourth-order valence-electron chi connectivity index (χ4n) is 2.98. The zero-order valence-electron chi connectivity index (χ0n) is 15.2. The lowest BCUT2D eigenvalue weighted by Gasteiger charge is -2.32. The topological polar surface area (TPSA) is 64.5 Å². The summed E-state index contributed by atoms with van der Waals surface area (Å²) in [5.41, 5.74) is 1.71. The van der Waals surface area contributed by atoms with Crippen LogP contribution in [0.2, 0.25) is 10.0 Å². The molecule has 27 heavy (non-hydrogen) atoms. The fourth-order valence-corrected chi connectivity index (χ4v) is 3.44. The highest BCUT2D eigenvalue weighted by atomic mass is 35.5. The zero-order chi connectivity index (χ0) is 19.4. The van der Waals surface area contributed by atoms with Gasteiger partial charge in [-0.15, -0.1) is 0 Å². The van der Waals surface area contributed by atoms with Crippen molar-refractivity contribution in [2.24, 2.45) is 0 Å². The molecule has 144 valence electrons. The molecule has 1 aliphatic rings. The number of carbonyl (C=O) groups excluding carboxylic acids is 1. The van der Waals surface area contributed by atoms with Crippen molar-refractivity contribution >= 4 is 29.1 Å². The molecule has 2 aromatic rings. The number of halogens is 2. The van der Waals surface area contributed by atoms with E-state index in [9.17, 15) is 4.79 Å². The Bertz CT molecular complexity index is 812. The third kappa shape index (κ3) is 5.47. The number of ether oxygens (including phenoxy) is 2. The Kier molecular flexibility index (Phi) is 6.39. The molecule has 1 aromatic carbocycles. The molecule has 1 fully saturated rings. The van der Waals surface area contributed by atoms with Crippen LogP contribution in [-0.4, -0.2) is 46.6 Å². The largest absolute Gasteiger partial charge is 0.482 e. The highest BCUT2D eigenvalue weighted by Crippen LogP contribution is 2.27. The number of piperidine rings is 1. The SMILES string of the molecule is Cc1cc(C)nc(O[C@H]2CCCN(C(=O)COc3ccc(Cl)cc3Cl)C2)n1. The molecule has 1 amide bonds. The summed E-state index contributed by atoms with van der Waals surface area (Å²) < 4.78 is 11.4. The van der Waals surface area contributed by atoms with Crippen LogP contribution in [0.25, 0.3) is 0 Å². The summed E-state index contributed by atoms with van der Waals surface area (Å²) >= 11 is 11.9. The molecular formula is C19H21Cl2N3O3. The number of aromatic nitrogens is 2. The van der Waals surface area contributed by atoms with Crippen molar-refractivity contribution in [2.45, 2.75) is 32.8 Å². The summed E-state index contributed by atoms with van der Waals surface area (Å²) in [6, 6.07) is 7.15. The molecule has 0 N–H and O–H groups in total. The second-order valence-electron chi connectivity index (χ2n) is 6.52. The minimum atomic E-state index is -0.136. The van der Waals surface area contributed by atoms with E-state index in [4.69, 9.17) is 32.7 Å². The number of hydrogen-bond acceptors (Lipinski definition) is 5. The van der Waals surface area contributed by atoms with Gasteiger partial charge in [-0.25, -0.2) is 9.97 Å². The van der Waals surface area contributed by atoms with Gasteiger partial charge in [0.15, 0.2) is 6.61 Å². The number of likely N-dealkylation sites (tertiary alicyclic amines) is 1. The molecule has 8 heteroatoms. The maximum atomic E-state index is 12.5. The molecule has 0 aliphatic carbocycles. The van der Waals surface area contributed by atoms with Crippen LogP contribution in [0.4, 0.5) is 0 Å². The van der Waals surface area contributed by atoms with E-state index in [1.165, 1.54) is 0 Å². The Morgan fingerprint density at radius 2 is 1.96 bits per heavy atom. The van der Waals surface area contributed by atoms with Gasteiger partial charge in [0, 0.05) is 23.0 Å². The van der Waals surface area contributed by atoms with Crippen LogP contribution in [0.15, 0.2) is 24.3 Å². The van der Waals surface area contributed by atoms with Gasteiger partial charge in [-0.1, -0.05) is 23.2 Å². The van der Waals surface area contributed by atoms with Gasteiger partial charge < -0.3 is 14.4 Å². The first-order chi connectivity index (χ1) is 12.9. The Balaban J connectivity index is 1.56. The standard InChI is InChI=1S/C19H21Cl2N3O3/c1-12-8-13(2)23-19(22-12)27-15-4-3-7-24(10-15)18(25)11-26-17-6-5-14(20)9-16(17)21/h5-6,8-9,15H,3-4,7,10-11H2,1-2H3/t15-/m0/s1. The molecule has 6 nitrogen and oxygen atoms in total. The van der Waals surface area contributed by atoms with Crippen molar-refractivity contribution in [3.8, 4) is 11.8 Å². The highest BCUT2D eigenvalue weighted by molar-refractivity contribution is 6.35. The van der Waals surface area contributed by atoms with Gasteiger partial charge in [-0.2, -0.15) is 0 Å². The lowest BCUT2D eigenvalue weighted by molar-refractivity contribution is -0.136. The van der Waals surface area contributed by atoms with Gasteiger partial charge in [0.05, 0.1) is 11.6 Å². The van der Waals surface area contributed by atoms with Gasteiger partial charge in [0.1, 0.15) is 11.9 Å². The quantitative estimate of drug-likeness (QED) is 0.749. The Labute approximate surface area is 168 Å². The Morgan fingerprint density at radius 1 is 1.22 bits per heavy atom. The lowest BCUT2D eigenvalue weighted by Crippen LogP contribution is -2.46. The maximum Gasteiger partial charge on any atom is 0.317 e. The van der Waals surface area contributed by atoms with Crippen molar-refractivity contribution < 1.29 is 14.3 Å². The molecule has 0 bridgehead atoms. The van der Waals surface area contributed by atoms with Gasteiger partial charge in [0.2, 0.25) is 0 Å². The monoisotopic (exact) mass is 409 g/mol. The summed E-state index contributed by atoms with van der Waals surface area (Å²) in [5, 5.41) is 0.894. The van der Waals surface area contributed by atoms with Crippen molar-refractivity contribution in [3.63, 3.8) is 0 Å². The number of aryl methyl sites for hydroxylation is 2. The molecule has 1 saturated heterocycles. The average Bonchev–Trinajstić information content (AvgIpc) is 2.60. The first-order valence-electron chi connectivity index (χ1n) is 8.75. The van der Waals surface area contributed by atoms with E-state index >= 15 is 0 Å². The van der Waals surface area contributed by atoms with Crippen LogP contribution in [0.5, 0.6) is 11.8 Å². The van der Waals surface area contributed by atoms with E-state index in [2.05, 4.69) is 9.97 Å². The average molecular weight is 410 g/mol. The van der Waals surface area contributed by atoms with Crippen LogP contribution >= 0.6 is 23.2 Å². The third-order valence-electron chi connectivity index (χ3n) is 4.21. The minimum Gasteiger partial charge on any atom is -0.482 e. The smallest absolute Gasteiger partial charge is 0.317 e. The molecule has 1 aromatic heterocycles. The highest BCUT2D eigenvalue weighted by Gasteiger charge is 2.26. The van der Waals surface area contributed by atoms with Crippen LogP contribution in [-0.2, 0) is 4.79 Å². The molecule has 0 spiro atoms. The zero-order valence-corrected chi connectivity index (χ0v) is 16.8. The van der Waals surface area contributed by atoms with E-state index in [0.29, 0.717) is 34.9 Å². The van der Waals surface area contributed by atoms with Crippen molar-refractivity contribution in [2.75, 3.05) is 19.7 Å². The van der Waals surface area contributed by atoms with E-state index in [1.807, 2.05) is 19.9 Å². The molecule has 0 radical (unpaired) electrons. The third-order valence-corrected chi connectivity index (χ3v) is 4.74. The summed E-state index contributed by atoms with van der Waals surface area (Å²) in [6.07, 6.45) is 1.57. The van der Waals surface area contributed by atoms with E-state index in [0.717, 1.165) is 24.2 Å². The number of carbonyl (C=O) groups is 1. The number of rotatable bonds is 5. The molecule has 2 heterocycles. The van der Waals surface area contributed by atoms with E-state index < -0.39 is 0 Å². The Morgan fingerprint density at radius 3 is 2.67 bits per heavy atom. The first-order valence-corrected chi connectivity index (χ1v) is 9.51. The number of hydrogen-bond donors (Lipinski definition) is 0. The fraction of sp³-hybridized carbons (Fsp3) is 0.421. The van der Waals surface area contributed by atoms with Gasteiger partial charge >= 0.3 is 6.01 Å². The number of benzene rings is 1. The van der Waals surface area contributed by atoms with Gasteiger partial charge in [0.25, 0.3) is 5.91 Å². The first kappa shape index (κ1) is 19.7. The second kappa shape index (κ2) is 8.76. The number of nitrogens with zero attached hydrogens (tertiary/aromatic N) is 3. The van der Waals surface area contributed by atoms with Crippen molar-refractivity contribution in [3.05, 3.63) is 45.7 Å². The molecule has 0 unspecified atom stereocenters. The number of amides is 1. The normalized spacial score (nSPS) is 16.9. The molecule has 1 aliphatic heterocycles. The summed E-state index contributed by atoms with van der Waals surface area (Å²) in [7, 11) is 0. The lowest BCUT2D eigenvalue weighted by atomic mass is 10.1. The summed E-state index contributed by atoms with van der Waals surface area (Å²) in [4.78, 5) is 22.8. The van der Waals surface area contributed by atoms with Crippen molar-refractivity contribution in [1.82, 2.24) is 14.9 Å². The Hall–Kier alpha value is -2.05. The maximum absolute atomic E-state index is 12.5. The summed E-state index contributed by atoms with van der Waals surface area (Å²) in [5.74, 6) is 0.318. The van der Waals surface area contributed by atoms with Gasteiger partial charge in [-0.3, -0.25) is 4.79 Å². The molecule has 3 rings (SSSR count). The van der Waals surface area contributed by atoms with E-state index in [-0.39, 0.29) is 18.6 Å². The van der Waals surface area contributed by atoms with Crippen LogP contribution in [0.3, 0.4) is 0 Å². The van der Waals surface area contributed by atoms with Crippen LogP contribution in [0.1, 0.15) is 24.2 Å². The van der Waals surface area contributed by atoms with Crippen LogP contribution < -0.4 is 9.47 Å². The molecule has 0 saturated carbocycles.